The van der Waals surface area contributed by atoms with Crippen LogP contribution in [0.4, 0.5) is 0 Å². The van der Waals surface area contributed by atoms with Crippen molar-refractivity contribution in [1.29, 1.82) is 0 Å². The first kappa shape index (κ1) is 16.5. The Hall–Kier alpha value is -0.850. The Morgan fingerprint density at radius 3 is 2.52 bits per heavy atom. The van der Waals surface area contributed by atoms with Gasteiger partial charge in [0.1, 0.15) is 4.90 Å². The van der Waals surface area contributed by atoms with Gasteiger partial charge in [-0.1, -0.05) is 6.92 Å². The fourth-order valence-corrected chi connectivity index (χ4v) is 4.30. The number of nitrogens with one attached hydrogen (secondary N) is 1. The molecule has 0 aromatic carbocycles. The molecule has 0 unspecified atom stereocenters. The van der Waals surface area contributed by atoms with E-state index in [2.05, 4.69) is 30.7 Å². The Morgan fingerprint density at radius 1 is 1.29 bits per heavy atom. The topological polar surface area (TPSA) is 54.3 Å². The van der Waals surface area contributed by atoms with E-state index in [0.717, 1.165) is 31.5 Å². The van der Waals surface area contributed by atoms with Gasteiger partial charge in [-0.05, 0) is 45.7 Å². The number of nitrogens with zero attached hydrogens (tertiary/aromatic N) is 2. The zero-order valence-electron chi connectivity index (χ0n) is 13.3. The minimum Gasteiger partial charge on any atom is -0.346 e. The summed E-state index contributed by atoms with van der Waals surface area (Å²) in [5.74, 6) is 0. The minimum absolute atomic E-state index is 0.256. The fraction of sp³-hybridized carbons (Fsp3) is 0.733. The molecule has 0 aliphatic carbocycles. The highest BCUT2D eigenvalue weighted by molar-refractivity contribution is 7.89. The Morgan fingerprint density at radius 2 is 1.95 bits per heavy atom. The Bertz CT molecular complexity index is 557. The summed E-state index contributed by atoms with van der Waals surface area (Å²) in [6, 6.07) is 2.09. The van der Waals surface area contributed by atoms with Gasteiger partial charge < -0.3 is 9.88 Å². The molecular formula is C15H27N3O2S. The molecule has 5 nitrogen and oxygen atoms in total. The van der Waals surface area contributed by atoms with Gasteiger partial charge in [-0.15, -0.1) is 0 Å². The lowest BCUT2D eigenvalue weighted by Crippen LogP contribution is -2.27. The van der Waals surface area contributed by atoms with Crippen LogP contribution in [0.5, 0.6) is 0 Å². The Kier molecular flexibility index (Phi) is 5.46. The van der Waals surface area contributed by atoms with E-state index >= 15 is 0 Å². The van der Waals surface area contributed by atoms with Gasteiger partial charge in [0.05, 0.1) is 0 Å². The van der Waals surface area contributed by atoms with E-state index in [-0.39, 0.29) is 6.04 Å². The summed E-state index contributed by atoms with van der Waals surface area (Å²) in [6.45, 7) is 9.24. The molecule has 1 aromatic heterocycles. The van der Waals surface area contributed by atoms with Crippen molar-refractivity contribution in [2.24, 2.45) is 0 Å². The molecular weight excluding hydrogens is 286 g/mol. The van der Waals surface area contributed by atoms with Crippen LogP contribution in [-0.4, -0.2) is 36.9 Å². The highest BCUT2D eigenvalue weighted by atomic mass is 32.2. The number of hydrogen-bond donors (Lipinski definition) is 1. The van der Waals surface area contributed by atoms with Crippen LogP contribution in [0.25, 0.3) is 0 Å². The van der Waals surface area contributed by atoms with Crippen molar-refractivity contribution in [1.82, 2.24) is 14.2 Å². The van der Waals surface area contributed by atoms with Crippen molar-refractivity contribution < 1.29 is 8.42 Å². The van der Waals surface area contributed by atoms with Crippen LogP contribution < -0.4 is 5.32 Å². The summed E-state index contributed by atoms with van der Waals surface area (Å²) in [5.41, 5.74) is 1.04. The second-order valence-electron chi connectivity index (χ2n) is 5.96. The molecule has 0 radical (unpaired) electrons. The summed E-state index contributed by atoms with van der Waals surface area (Å²) >= 11 is 0. The van der Waals surface area contributed by atoms with Crippen LogP contribution >= 0.6 is 0 Å². The van der Waals surface area contributed by atoms with E-state index in [1.165, 1.54) is 0 Å². The molecule has 1 fully saturated rings. The van der Waals surface area contributed by atoms with E-state index in [1.807, 2.05) is 6.07 Å². The van der Waals surface area contributed by atoms with Gasteiger partial charge in [0.15, 0.2) is 0 Å². The third-order valence-electron chi connectivity index (χ3n) is 3.90. The van der Waals surface area contributed by atoms with E-state index in [1.54, 1.807) is 10.5 Å². The van der Waals surface area contributed by atoms with Crippen molar-refractivity contribution in [2.75, 3.05) is 19.6 Å². The molecule has 1 aliphatic heterocycles. The van der Waals surface area contributed by atoms with Gasteiger partial charge in [-0.2, -0.15) is 4.31 Å². The zero-order chi connectivity index (χ0) is 15.5. The SMILES string of the molecule is CCCNCc1cc(S(=O)(=O)N2CCCC2)cn1C(C)C. The van der Waals surface area contributed by atoms with Crippen molar-refractivity contribution in [3.63, 3.8) is 0 Å². The molecule has 6 heteroatoms. The van der Waals surface area contributed by atoms with Crippen LogP contribution in [0.15, 0.2) is 17.2 Å². The normalized spacial score (nSPS) is 17.0. The molecule has 2 rings (SSSR count). The smallest absolute Gasteiger partial charge is 0.244 e. The molecule has 21 heavy (non-hydrogen) atoms. The lowest BCUT2D eigenvalue weighted by molar-refractivity contribution is 0.477. The third-order valence-corrected chi connectivity index (χ3v) is 5.76. The minimum atomic E-state index is -3.32. The van der Waals surface area contributed by atoms with Crippen molar-refractivity contribution >= 4 is 10.0 Å². The first-order valence-corrected chi connectivity index (χ1v) is 9.32. The van der Waals surface area contributed by atoms with Crippen molar-refractivity contribution in [2.45, 2.75) is 57.5 Å². The highest BCUT2D eigenvalue weighted by Gasteiger charge is 2.29. The summed E-state index contributed by atoms with van der Waals surface area (Å²) < 4.78 is 29.0. The second-order valence-corrected chi connectivity index (χ2v) is 7.89. The monoisotopic (exact) mass is 313 g/mol. The quantitative estimate of drug-likeness (QED) is 0.786. The molecule has 1 saturated heterocycles. The first-order chi connectivity index (χ1) is 9.96. The molecule has 0 saturated carbocycles. The molecule has 2 heterocycles. The predicted octanol–water partition coefficient (Wildman–Crippen LogP) is 2.35. The summed E-state index contributed by atoms with van der Waals surface area (Å²) in [6.07, 6.45) is 4.80. The molecule has 1 aromatic rings. The van der Waals surface area contributed by atoms with E-state index in [0.29, 0.717) is 24.5 Å². The average Bonchev–Trinajstić information content (AvgIpc) is 3.09. The number of rotatable bonds is 7. The second kappa shape index (κ2) is 6.94. The van der Waals surface area contributed by atoms with Gasteiger partial charge >= 0.3 is 0 Å². The van der Waals surface area contributed by atoms with Crippen molar-refractivity contribution in [3.05, 3.63) is 18.0 Å². The van der Waals surface area contributed by atoms with E-state index in [4.69, 9.17) is 0 Å². The summed E-state index contributed by atoms with van der Waals surface area (Å²) in [5, 5.41) is 3.35. The maximum atomic E-state index is 12.6. The third kappa shape index (κ3) is 3.67. The Labute approximate surface area is 128 Å². The molecule has 0 spiro atoms. The summed E-state index contributed by atoms with van der Waals surface area (Å²) in [7, 11) is -3.32. The molecule has 0 atom stereocenters. The molecule has 120 valence electrons. The average molecular weight is 313 g/mol. The molecule has 0 bridgehead atoms. The predicted molar refractivity (Wildman–Crippen MR) is 84.8 cm³/mol. The Balaban J connectivity index is 2.25. The standard InChI is InChI=1S/C15H27N3O2S/c1-4-7-16-11-14-10-15(12-18(14)13(2)3)21(19,20)17-8-5-6-9-17/h10,12-13,16H,4-9,11H2,1-3H3. The summed E-state index contributed by atoms with van der Waals surface area (Å²) in [4.78, 5) is 0.436. The zero-order valence-corrected chi connectivity index (χ0v) is 14.1. The van der Waals surface area contributed by atoms with Gasteiger partial charge in [0, 0.05) is 37.6 Å². The maximum absolute atomic E-state index is 12.6. The van der Waals surface area contributed by atoms with Crippen LogP contribution in [-0.2, 0) is 16.6 Å². The lowest BCUT2D eigenvalue weighted by Gasteiger charge is -2.14. The molecule has 1 N–H and O–H groups in total. The van der Waals surface area contributed by atoms with Crippen LogP contribution in [0.1, 0.15) is 51.8 Å². The lowest BCUT2D eigenvalue weighted by atomic mass is 10.3. The van der Waals surface area contributed by atoms with Crippen molar-refractivity contribution in [3.8, 4) is 0 Å². The number of sulfonamides is 1. The fourth-order valence-electron chi connectivity index (χ4n) is 2.73. The largest absolute Gasteiger partial charge is 0.346 e. The van der Waals surface area contributed by atoms with Crippen LogP contribution in [0.2, 0.25) is 0 Å². The van der Waals surface area contributed by atoms with Gasteiger partial charge in [0.25, 0.3) is 0 Å². The van der Waals surface area contributed by atoms with Crippen LogP contribution in [0.3, 0.4) is 0 Å². The molecule has 1 aliphatic rings. The van der Waals surface area contributed by atoms with Gasteiger partial charge in [-0.25, -0.2) is 8.42 Å². The van der Waals surface area contributed by atoms with Crippen LogP contribution in [0, 0.1) is 0 Å². The number of hydrogen-bond acceptors (Lipinski definition) is 3. The first-order valence-electron chi connectivity index (χ1n) is 7.88. The van der Waals surface area contributed by atoms with E-state index in [9.17, 15) is 8.42 Å². The highest BCUT2D eigenvalue weighted by Crippen LogP contribution is 2.24. The van der Waals surface area contributed by atoms with Gasteiger partial charge in [-0.3, -0.25) is 0 Å². The van der Waals surface area contributed by atoms with E-state index < -0.39 is 10.0 Å². The number of aromatic nitrogens is 1. The van der Waals surface area contributed by atoms with Gasteiger partial charge in [0.2, 0.25) is 10.0 Å². The maximum Gasteiger partial charge on any atom is 0.244 e. The molecule has 0 amide bonds.